The molecule has 0 aromatic rings. The van der Waals surface area contributed by atoms with Crippen LogP contribution >= 0.6 is 0 Å². The standard InChI is InChI=1S/C12H21NO/c1-4-11(3)10-12(5-2)13-6-8-14-9-7-13/h5,10H,4,6-9H2,1-3H3. The molecule has 0 spiro atoms. The number of hydrogen-bond donors (Lipinski definition) is 0. The van der Waals surface area contributed by atoms with Crippen LogP contribution in [0.25, 0.3) is 0 Å². The van der Waals surface area contributed by atoms with Crippen LogP contribution in [-0.4, -0.2) is 31.2 Å². The van der Waals surface area contributed by atoms with Gasteiger partial charge in [-0.05, 0) is 26.3 Å². The predicted molar refractivity (Wildman–Crippen MR) is 60.2 cm³/mol. The molecule has 2 heteroatoms. The van der Waals surface area contributed by atoms with Gasteiger partial charge in [0, 0.05) is 18.8 Å². The molecule has 0 bridgehead atoms. The van der Waals surface area contributed by atoms with E-state index in [0.717, 1.165) is 32.7 Å². The van der Waals surface area contributed by atoms with Crippen LogP contribution in [0.15, 0.2) is 23.4 Å². The van der Waals surface area contributed by atoms with Crippen LogP contribution in [0.3, 0.4) is 0 Å². The van der Waals surface area contributed by atoms with E-state index in [1.165, 1.54) is 11.3 Å². The fourth-order valence-electron chi connectivity index (χ4n) is 1.53. The average molecular weight is 195 g/mol. The molecule has 1 aliphatic rings. The van der Waals surface area contributed by atoms with Crippen molar-refractivity contribution in [1.82, 2.24) is 4.90 Å². The number of allylic oxidation sites excluding steroid dienone is 3. The van der Waals surface area contributed by atoms with Crippen molar-refractivity contribution in [3.8, 4) is 0 Å². The number of hydrogen-bond acceptors (Lipinski definition) is 2. The fraction of sp³-hybridized carbons (Fsp3) is 0.667. The summed E-state index contributed by atoms with van der Waals surface area (Å²) in [6, 6.07) is 0. The highest BCUT2D eigenvalue weighted by Gasteiger charge is 2.10. The first kappa shape index (κ1) is 11.3. The molecule has 1 saturated heterocycles. The summed E-state index contributed by atoms with van der Waals surface area (Å²) in [6.45, 7) is 10.2. The molecule has 1 fully saturated rings. The predicted octanol–water partition coefficient (Wildman–Crippen LogP) is 2.58. The van der Waals surface area contributed by atoms with Crippen LogP contribution in [0, 0.1) is 0 Å². The summed E-state index contributed by atoms with van der Waals surface area (Å²) in [7, 11) is 0. The summed E-state index contributed by atoms with van der Waals surface area (Å²) in [6.07, 6.45) is 5.59. The molecule has 0 atom stereocenters. The van der Waals surface area contributed by atoms with E-state index in [0.29, 0.717) is 0 Å². The van der Waals surface area contributed by atoms with Gasteiger partial charge in [-0.3, -0.25) is 0 Å². The van der Waals surface area contributed by atoms with Crippen molar-refractivity contribution < 1.29 is 4.74 Å². The molecule has 1 heterocycles. The Hall–Kier alpha value is -0.760. The normalized spacial score (nSPS) is 20.1. The highest BCUT2D eigenvalue weighted by molar-refractivity contribution is 5.21. The van der Waals surface area contributed by atoms with Gasteiger partial charge in [-0.2, -0.15) is 0 Å². The minimum absolute atomic E-state index is 0.857. The van der Waals surface area contributed by atoms with Crippen molar-refractivity contribution in [2.45, 2.75) is 27.2 Å². The largest absolute Gasteiger partial charge is 0.378 e. The van der Waals surface area contributed by atoms with Crippen molar-refractivity contribution in [2.24, 2.45) is 0 Å². The summed E-state index contributed by atoms with van der Waals surface area (Å²) < 4.78 is 5.34. The monoisotopic (exact) mass is 195 g/mol. The topological polar surface area (TPSA) is 12.5 Å². The van der Waals surface area contributed by atoms with Gasteiger partial charge in [0.25, 0.3) is 0 Å². The lowest BCUT2D eigenvalue weighted by Crippen LogP contribution is -2.35. The molecule has 0 aromatic carbocycles. The van der Waals surface area contributed by atoms with Crippen LogP contribution < -0.4 is 0 Å². The molecule has 0 aliphatic carbocycles. The second-order valence-electron chi connectivity index (χ2n) is 3.66. The number of nitrogens with zero attached hydrogens (tertiary/aromatic N) is 1. The highest BCUT2D eigenvalue weighted by Crippen LogP contribution is 2.12. The molecule has 0 unspecified atom stereocenters. The number of rotatable bonds is 3. The zero-order valence-corrected chi connectivity index (χ0v) is 9.55. The molecule has 0 amide bonds. The first-order valence-electron chi connectivity index (χ1n) is 5.44. The van der Waals surface area contributed by atoms with Crippen LogP contribution in [-0.2, 0) is 4.74 Å². The quantitative estimate of drug-likeness (QED) is 0.642. The van der Waals surface area contributed by atoms with Crippen molar-refractivity contribution in [3.05, 3.63) is 23.4 Å². The summed E-state index contributed by atoms with van der Waals surface area (Å²) in [5.74, 6) is 0. The van der Waals surface area contributed by atoms with E-state index in [2.05, 4.69) is 37.8 Å². The molecule has 1 rings (SSSR count). The molecule has 1 aliphatic heterocycles. The first-order chi connectivity index (χ1) is 6.77. The lowest BCUT2D eigenvalue weighted by atomic mass is 10.2. The van der Waals surface area contributed by atoms with Gasteiger partial charge < -0.3 is 9.64 Å². The van der Waals surface area contributed by atoms with Crippen LogP contribution in [0.4, 0.5) is 0 Å². The maximum Gasteiger partial charge on any atom is 0.0642 e. The van der Waals surface area contributed by atoms with Crippen molar-refractivity contribution in [3.63, 3.8) is 0 Å². The Kier molecular flexibility index (Phi) is 4.74. The van der Waals surface area contributed by atoms with Gasteiger partial charge in [0.15, 0.2) is 0 Å². The SMILES string of the molecule is CC=C(C=C(C)CC)N1CCOCC1. The van der Waals surface area contributed by atoms with Gasteiger partial charge in [0.1, 0.15) is 0 Å². The minimum Gasteiger partial charge on any atom is -0.378 e. The summed E-state index contributed by atoms with van der Waals surface area (Å²) in [5, 5.41) is 0. The molecule has 0 N–H and O–H groups in total. The van der Waals surface area contributed by atoms with Crippen LogP contribution in [0.5, 0.6) is 0 Å². The molecule has 0 aromatic heterocycles. The number of ether oxygens (including phenoxy) is 1. The summed E-state index contributed by atoms with van der Waals surface area (Å²) in [5.41, 5.74) is 2.78. The average Bonchev–Trinajstić information content (AvgIpc) is 2.26. The molecular formula is C12H21NO. The smallest absolute Gasteiger partial charge is 0.0642 e. The maximum atomic E-state index is 5.34. The summed E-state index contributed by atoms with van der Waals surface area (Å²) >= 11 is 0. The summed E-state index contributed by atoms with van der Waals surface area (Å²) in [4.78, 5) is 2.39. The van der Waals surface area contributed by atoms with E-state index >= 15 is 0 Å². The minimum atomic E-state index is 0.857. The van der Waals surface area contributed by atoms with Gasteiger partial charge in [-0.1, -0.05) is 18.6 Å². The van der Waals surface area contributed by atoms with Gasteiger partial charge in [0.05, 0.1) is 13.2 Å². The van der Waals surface area contributed by atoms with Crippen molar-refractivity contribution in [2.75, 3.05) is 26.3 Å². The Morgan fingerprint density at radius 3 is 2.50 bits per heavy atom. The number of morpholine rings is 1. The van der Waals surface area contributed by atoms with E-state index in [1.807, 2.05) is 0 Å². The van der Waals surface area contributed by atoms with Crippen molar-refractivity contribution >= 4 is 0 Å². The first-order valence-corrected chi connectivity index (χ1v) is 5.44. The second kappa shape index (κ2) is 5.86. The van der Waals surface area contributed by atoms with Gasteiger partial charge in [0.2, 0.25) is 0 Å². The van der Waals surface area contributed by atoms with E-state index in [4.69, 9.17) is 4.74 Å². The van der Waals surface area contributed by atoms with Gasteiger partial charge in [-0.25, -0.2) is 0 Å². The van der Waals surface area contributed by atoms with Gasteiger partial charge >= 0.3 is 0 Å². The Morgan fingerprint density at radius 1 is 1.36 bits per heavy atom. The molecule has 80 valence electrons. The lowest BCUT2D eigenvalue weighted by Gasteiger charge is -2.30. The Morgan fingerprint density at radius 2 is 2.00 bits per heavy atom. The van der Waals surface area contributed by atoms with E-state index in [-0.39, 0.29) is 0 Å². The fourth-order valence-corrected chi connectivity index (χ4v) is 1.53. The van der Waals surface area contributed by atoms with Crippen molar-refractivity contribution in [1.29, 1.82) is 0 Å². The maximum absolute atomic E-state index is 5.34. The van der Waals surface area contributed by atoms with Crippen LogP contribution in [0.2, 0.25) is 0 Å². The van der Waals surface area contributed by atoms with E-state index in [9.17, 15) is 0 Å². The third kappa shape index (κ3) is 3.18. The molecule has 2 nitrogen and oxygen atoms in total. The van der Waals surface area contributed by atoms with Crippen LogP contribution in [0.1, 0.15) is 27.2 Å². The zero-order chi connectivity index (χ0) is 10.4. The third-order valence-electron chi connectivity index (χ3n) is 2.62. The Bertz CT molecular complexity index is 224. The Balaban J connectivity index is 2.61. The second-order valence-corrected chi connectivity index (χ2v) is 3.66. The zero-order valence-electron chi connectivity index (χ0n) is 9.55. The van der Waals surface area contributed by atoms with E-state index in [1.54, 1.807) is 0 Å². The molecular weight excluding hydrogens is 174 g/mol. The highest BCUT2D eigenvalue weighted by atomic mass is 16.5. The van der Waals surface area contributed by atoms with Gasteiger partial charge in [-0.15, -0.1) is 0 Å². The molecule has 14 heavy (non-hydrogen) atoms. The molecule has 0 radical (unpaired) electrons. The lowest BCUT2D eigenvalue weighted by molar-refractivity contribution is 0.0553. The Labute approximate surface area is 87.2 Å². The molecule has 0 saturated carbocycles. The third-order valence-corrected chi connectivity index (χ3v) is 2.62. The van der Waals surface area contributed by atoms with E-state index < -0.39 is 0 Å².